The van der Waals surface area contributed by atoms with E-state index in [1.807, 2.05) is 25.1 Å². The number of nitrogens with one attached hydrogen (secondary N) is 1. The lowest BCUT2D eigenvalue weighted by atomic mass is 10.2. The van der Waals surface area contributed by atoms with Crippen LogP contribution in [-0.2, 0) is 0 Å². The summed E-state index contributed by atoms with van der Waals surface area (Å²) >= 11 is 0. The molecule has 0 heterocycles. The molecule has 22 heavy (non-hydrogen) atoms. The second-order valence-corrected chi connectivity index (χ2v) is 4.71. The van der Waals surface area contributed by atoms with Crippen molar-refractivity contribution in [1.29, 1.82) is 0 Å². The summed E-state index contributed by atoms with van der Waals surface area (Å²) in [6.07, 6.45) is 2.87. The highest BCUT2D eigenvalue weighted by Crippen LogP contribution is 2.22. The van der Waals surface area contributed by atoms with Gasteiger partial charge >= 0.3 is 0 Å². The summed E-state index contributed by atoms with van der Waals surface area (Å²) in [4.78, 5) is 0. The molecule has 0 radical (unpaired) electrons. The third-order valence-electron chi connectivity index (χ3n) is 3.01. The van der Waals surface area contributed by atoms with Gasteiger partial charge in [-0.2, -0.15) is 5.10 Å². The summed E-state index contributed by atoms with van der Waals surface area (Å²) in [5, 5.41) is 3.86. The average molecular weight is 304 g/mol. The van der Waals surface area contributed by atoms with Crippen molar-refractivity contribution in [1.82, 2.24) is 0 Å². The van der Waals surface area contributed by atoms with Crippen LogP contribution in [0.5, 0.6) is 5.75 Å². The lowest BCUT2D eigenvalue weighted by molar-refractivity contribution is 0.293. The average Bonchev–Trinajstić information content (AvgIpc) is 2.54. The number of ether oxygens (including phenoxy) is 1. The Morgan fingerprint density at radius 2 is 1.91 bits per heavy atom. The van der Waals surface area contributed by atoms with E-state index in [2.05, 4.69) is 10.5 Å². The van der Waals surface area contributed by atoms with Crippen LogP contribution in [0.25, 0.3) is 0 Å². The van der Waals surface area contributed by atoms with E-state index in [0.29, 0.717) is 6.61 Å². The van der Waals surface area contributed by atoms with Crippen LogP contribution < -0.4 is 10.2 Å². The molecule has 0 bridgehead atoms. The minimum absolute atomic E-state index is 0.0380. The quantitative estimate of drug-likeness (QED) is 0.461. The van der Waals surface area contributed by atoms with E-state index in [-0.39, 0.29) is 11.3 Å². The Bertz CT molecular complexity index is 630. The van der Waals surface area contributed by atoms with Crippen LogP contribution in [0.15, 0.2) is 47.6 Å². The zero-order chi connectivity index (χ0) is 15.8. The number of halogens is 2. The third kappa shape index (κ3) is 4.28. The molecule has 2 aromatic rings. The van der Waals surface area contributed by atoms with Crippen LogP contribution in [0.2, 0.25) is 0 Å². The van der Waals surface area contributed by atoms with Gasteiger partial charge in [-0.15, -0.1) is 0 Å². The SMILES string of the molecule is CCCCOc1ccc(F)c(C=NNc2ccccc2)c1F. The topological polar surface area (TPSA) is 33.6 Å². The van der Waals surface area contributed by atoms with E-state index in [1.54, 1.807) is 12.1 Å². The number of hydrazone groups is 1. The normalized spacial score (nSPS) is 10.9. The molecular weight excluding hydrogens is 286 g/mol. The highest BCUT2D eigenvalue weighted by atomic mass is 19.1. The van der Waals surface area contributed by atoms with E-state index in [4.69, 9.17) is 4.74 Å². The molecule has 0 fully saturated rings. The van der Waals surface area contributed by atoms with Gasteiger partial charge in [-0.25, -0.2) is 8.78 Å². The highest BCUT2D eigenvalue weighted by molar-refractivity contribution is 5.81. The standard InChI is InChI=1S/C17H18F2N2O/c1-2-3-11-22-16-10-9-15(18)14(17(16)19)12-20-21-13-7-5-4-6-8-13/h4-10,12,21H,2-3,11H2,1H3. The van der Waals surface area contributed by atoms with E-state index in [1.165, 1.54) is 12.1 Å². The zero-order valence-electron chi connectivity index (χ0n) is 12.4. The molecule has 1 N–H and O–H groups in total. The Labute approximate surface area is 128 Å². The molecule has 0 saturated carbocycles. The van der Waals surface area contributed by atoms with Crippen molar-refractivity contribution in [3.05, 3.63) is 59.7 Å². The number of rotatable bonds is 7. The van der Waals surface area contributed by atoms with Crippen LogP contribution in [0, 0.1) is 11.6 Å². The van der Waals surface area contributed by atoms with Crippen molar-refractivity contribution in [2.75, 3.05) is 12.0 Å². The minimum atomic E-state index is -0.741. The van der Waals surface area contributed by atoms with Crippen LogP contribution in [-0.4, -0.2) is 12.8 Å². The molecule has 2 rings (SSSR count). The van der Waals surface area contributed by atoms with Crippen molar-refractivity contribution in [3.63, 3.8) is 0 Å². The molecule has 0 spiro atoms. The second-order valence-electron chi connectivity index (χ2n) is 4.71. The molecule has 5 heteroatoms. The van der Waals surface area contributed by atoms with Gasteiger partial charge in [0, 0.05) is 0 Å². The Morgan fingerprint density at radius 3 is 2.64 bits per heavy atom. The number of para-hydroxylation sites is 1. The molecule has 0 amide bonds. The van der Waals surface area contributed by atoms with Crippen molar-refractivity contribution in [2.45, 2.75) is 19.8 Å². The predicted octanol–water partition coefficient (Wildman–Crippen LogP) is 4.59. The van der Waals surface area contributed by atoms with Gasteiger partial charge in [0.2, 0.25) is 0 Å². The van der Waals surface area contributed by atoms with Gasteiger partial charge < -0.3 is 4.74 Å². The van der Waals surface area contributed by atoms with E-state index in [9.17, 15) is 8.78 Å². The largest absolute Gasteiger partial charge is 0.490 e. The smallest absolute Gasteiger partial charge is 0.176 e. The van der Waals surface area contributed by atoms with Crippen molar-refractivity contribution in [2.24, 2.45) is 5.10 Å². The van der Waals surface area contributed by atoms with Crippen LogP contribution in [0.3, 0.4) is 0 Å². The van der Waals surface area contributed by atoms with Gasteiger partial charge in [0.25, 0.3) is 0 Å². The maximum absolute atomic E-state index is 14.2. The molecule has 0 saturated heterocycles. The van der Waals surface area contributed by atoms with Gasteiger partial charge in [0.05, 0.1) is 24.1 Å². The number of unbranched alkanes of at least 4 members (excludes halogenated alkanes) is 1. The van der Waals surface area contributed by atoms with Gasteiger partial charge in [-0.3, -0.25) is 5.43 Å². The number of nitrogens with zero attached hydrogens (tertiary/aromatic N) is 1. The Hall–Kier alpha value is -2.43. The summed E-state index contributed by atoms with van der Waals surface area (Å²) in [6.45, 7) is 2.41. The first-order valence-electron chi connectivity index (χ1n) is 7.17. The van der Waals surface area contributed by atoms with E-state index >= 15 is 0 Å². The predicted molar refractivity (Wildman–Crippen MR) is 84.4 cm³/mol. The molecule has 0 aliphatic heterocycles. The van der Waals surface area contributed by atoms with Crippen molar-refractivity contribution >= 4 is 11.9 Å². The fourth-order valence-corrected chi connectivity index (χ4v) is 1.79. The summed E-state index contributed by atoms with van der Waals surface area (Å²) in [6, 6.07) is 11.6. The van der Waals surface area contributed by atoms with Crippen LogP contribution >= 0.6 is 0 Å². The van der Waals surface area contributed by atoms with Gasteiger partial charge in [-0.05, 0) is 30.7 Å². The molecule has 2 aromatic carbocycles. The maximum Gasteiger partial charge on any atom is 0.176 e. The van der Waals surface area contributed by atoms with Crippen LogP contribution in [0.4, 0.5) is 14.5 Å². The monoisotopic (exact) mass is 304 g/mol. The molecule has 0 aromatic heterocycles. The van der Waals surface area contributed by atoms with Gasteiger partial charge in [0.15, 0.2) is 11.6 Å². The summed E-state index contributed by atoms with van der Waals surface area (Å²) in [5.41, 5.74) is 3.22. The maximum atomic E-state index is 14.2. The third-order valence-corrected chi connectivity index (χ3v) is 3.01. The first-order valence-corrected chi connectivity index (χ1v) is 7.17. The fourth-order valence-electron chi connectivity index (χ4n) is 1.79. The summed E-state index contributed by atoms with van der Waals surface area (Å²) in [7, 11) is 0. The van der Waals surface area contributed by atoms with E-state index in [0.717, 1.165) is 24.7 Å². The first kappa shape index (κ1) is 15.9. The first-order chi connectivity index (χ1) is 10.7. The molecule has 116 valence electrons. The van der Waals surface area contributed by atoms with Gasteiger partial charge in [-0.1, -0.05) is 31.5 Å². The lowest BCUT2D eigenvalue weighted by Gasteiger charge is -2.08. The van der Waals surface area contributed by atoms with Crippen LogP contribution in [0.1, 0.15) is 25.3 Å². The van der Waals surface area contributed by atoms with E-state index < -0.39 is 11.6 Å². The van der Waals surface area contributed by atoms with Crippen molar-refractivity contribution in [3.8, 4) is 5.75 Å². The molecule has 0 aliphatic rings. The molecular formula is C17H18F2N2O. The minimum Gasteiger partial charge on any atom is -0.490 e. The summed E-state index contributed by atoms with van der Waals surface area (Å²) in [5.74, 6) is -1.38. The van der Waals surface area contributed by atoms with Crippen molar-refractivity contribution < 1.29 is 13.5 Å². The molecule has 0 aliphatic carbocycles. The summed E-state index contributed by atoms with van der Waals surface area (Å²) < 4.78 is 33.2. The lowest BCUT2D eigenvalue weighted by Crippen LogP contribution is -2.03. The molecule has 0 unspecified atom stereocenters. The zero-order valence-corrected chi connectivity index (χ0v) is 12.4. The highest BCUT2D eigenvalue weighted by Gasteiger charge is 2.13. The Morgan fingerprint density at radius 1 is 1.14 bits per heavy atom. The van der Waals surface area contributed by atoms with Gasteiger partial charge in [0.1, 0.15) is 5.82 Å². The molecule has 0 atom stereocenters. The number of benzene rings is 2. The Balaban J connectivity index is 2.10. The number of hydrogen-bond acceptors (Lipinski definition) is 3. The Kier molecular flexibility index (Phi) is 5.89. The number of anilines is 1. The second kappa shape index (κ2) is 8.12. The number of hydrogen-bond donors (Lipinski definition) is 1. The fraction of sp³-hybridized carbons (Fsp3) is 0.235. The molecule has 3 nitrogen and oxygen atoms in total.